The van der Waals surface area contributed by atoms with Gasteiger partial charge in [-0.05, 0) is 67.4 Å². The van der Waals surface area contributed by atoms with Gasteiger partial charge in [0.1, 0.15) is 23.1 Å². The molecule has 0 fully saturated rings. The maximum atomic E-state index is 13.6. The Morgan fingerprint density at radius 2 is 1.61 bits per heavy atom. The molecule has 0 heterocycles. The number of halogens is 2. The van der Waals surface area contributed by atoms with Crippen LogP contribution in [0.4, 0.5) is 20.2 Å². The number of benzene rings is 3. The van der Waals surface area contributed by atoms with E-state index in [0.717, 1.165) is 23.3 Å². The summed E-state index contributed by atoms with van der Waals surface area (Å²) < 4.78 is 60.2. The molecule has 0 aliphatic carbocycles. The fourth-order valence-electron chi connectivity index (χ4n) is 2.71. The quantitative estimate of drug-likeness (QED) is 0.564. The van der Waals surface area contributed by atoms with Crippen molar-refractivity contribution in [2.75, 3.05) is 16.6 Å². The molecule has 3 aromatic rings. The van der Waals surface area contributed by atoms with E-state index in [2.05, 4.69) is 10.0 Å². The van der Waals surface area contributed by atoms with E-state index in [0.29, 0.717) is 5.69 Å². The minimum absolute atomic E-state index is 0.0126. The van der Waals surface area contributed by atoms with Crippen LogP contribution in [0.5, 0.6) is 5.75 Å². The lowest BCUT2D eigenvalue weighted by molar-refractivity contribution is -0.118. The van der Waals surface area contributed by atoms with E-state index in [1.807, 2.05) is 19.1 Å². The van der Waals surface area contributed by atoms with Crippen molar-refractivity contribution in [1.82, 2.24) is 0 Å². The van der Waals surface area contributed by atoms with Crippen molar-refractivity contribution in [1.29, 1.82) is 0 Å². The number of para-hydroxylation sites is 1. The van der Waals surface area contributed by atoms with Gasteiger partial charge in [0.05, 0.1) is 10.6 Å². The Hall–Kier alpha value is -3.46. The Balaban J connectivity index is 1.63. The number of aryl methyl sites for hydroxylation is 2. The van der Waals surface area contributed by atoms with Crippen LogP contribution in [0.25, 0.3) is 0 Å². The first-order valence-electron chi connectivity index (χ1n) is 9.22. The number of carbonyl (C=O) groups excluding carboxylic acids is 1. The summed E-state index contributed by atoms with van der Waals surface area (Å²) in [6, 6.07) is 14.1. The predicted molar refractivity (Wildman–Crippen MR) is 114 cm³/mol. The lowest BCUT2D eigenvalue weighted by Crippen LogP contribution is -2.21. The molecule has 3 rings (SSSR count). The van der Waals surface area contributed by atoms with Crippen molar-refractivity contribution in [3.8, 4) is 5.75 Å². The minimum Gasteiger partial charge on any atom is -0.484 e. The summed E-state index contributed by atoms with van der Waals surface area (Å²) >= 11 is 0. The van der Waals surface area contributed by atoms with Crippen LogP contribution in [-0.4, -0.2) is 20.9 Å². The van der Waals surface area contributed by atoms with Crippen LogP contribution in [-0.2, 0) is 14.8 Å². The number of sulfonamides is 1. The van der Waals surface area contributed by atoms with Crippen molar-refractivity contribution in [2.24, 2.45) is 0 Å². The molecule has 31 heavy (non-hydrogen) atoms. The molecule has 0 bridgehead atoms. The number of hydrogen-bond acceptors (Lipinski definition) is 4. The van der Waals surface area contributed by atoms with Gasteiger partial charge in [0.25, 0.3) is 15.9 Å². The van der Waals surface area contributed by atoms with Gasteiger partial charge in [-0.15, -0.1) is 0 Å². The number of ether oxygens (including phenoxy) is 1. The summed E-state index contributed by atoms with van der Waals surface area (Å²) in [5, 5.41) is 2.10. The minimum atomic E-state index is -3.82. The number of rotatable bonds is 7. The highest BCUT2D eigenvalue weighted by Crippen LogP contribution is 2.23. The fraction of sp³-hybridized carbons (Fsp3) is 0.136. The molecule has 9 heteroatoms. The van der Waals surface area contributed by atoms with E-state index in [1.165, 1.54) is 30.3 Å². The molecule has 0 saturated heterocycles. The molecule has 6 nitrogen and oxygen atoms in total. The first-order valence-corrected chi connectivity index (χ1v) is 10.7. The van der Waals surface area contributed by atoms with Crippen molar-refractivity contribution in [3.05, 3.63) is 83.4 Å². The topological polar surface area (TPSA) is 84.5 Å². The molecule has 0 aliphatic heterocycles. The maximum Gasteiger partial charge on any atom is 0.262 e. The van der Waals surface area contributed by atoms with Crippen molar-refractivity contribution < 1.29 is 26.7 Å². The van der Waals surface area contributed by atoms with Crippen LogP contribution in [0.15, 0.2) is 65.6 Å². The van der Waals surface area contributed by atoms with Gasteiger partial charge in [-0.2, -0.15) is 0 Å². The lowest BCUT2D eigenvalue weighted by atomic mass is 10.1. The van der Waals surface area contributed by atoms with Crippen LogP contribution < -0.4 is 14.8 Å². The Morgan fingerprint density at radius 3 is 2.26 bits per heavy atom. The highest BCUT2D eigenvalue weighted by molar-refractivity contribution is 7.92. The molecule has 3 aromatic carbocycles. The van der Waals surface area contributed by atoms with E-state index < -0.39 is 39.9 Å². The normalized spacial score (nSPS) is 11.1. The van der Waals surface area contributed by atoms with Gasteiger partial charge in [-0.3, -0.25) is 9.52 Å². The Kier molecular flexibility index (Phi) is 6.55. The third-order valence-electron chi connectivity index (χ3n) is 4.37. The summed E-state index contributed by atoms with van der Waals surface area (Å²) in [6.07, 6.45) is 0. The second-order valence-corrected chi connectivity index (χ2v) is 8.51. The standard InChI is InChI=1S/C22H20F2N2O4S/c1-14-6-7-15(2)20(12-14)26-31(28,29)17-10-8-16(9-11-17)30-13-21(27)25-22-18(23)4-3-5-19(22)24/h3-12,26H,13H2,1-2H3,(H,25,27). The van der Waals surface area contributed by atoms with Crippen molar-refractivity contribution >= 4 is 27.3 Å². The van der Waals surface area contributed by atoms with E-state index in [4.69, 9.17) is 4.74 Å². The second kappa shape index (κ2) is 9.13. The number of anilines is 2. The third-order valence-corrected chi connectivity index (χ3v) is 5.75. The number of hydrogen-bond donors (Lipinski definition) is 2. The average Bonchev–Trinajstić information content (AvgIpc) is 2.72. The van der Waals surface area contributed by atoms with Gasteiger partial charge >= 0.3 is 0 Å². The molecule has 0 aromatic heterocycles. The Morgan fingerprint density at radius 1 is 0.968 bits per heavy atom. The number of carbonyl (C=O) groups is 1. The zero-order valence-corrected chi connectivity index (χ0v) is 17.6. The van der Waals surface area contributed by atoms with E-state index in [1.54, 1.807) is 13.0 Å². The van der Waals surface area contributed by atoms with Gasteiger partial charge < -0.3 is 10.1 Å². The Bertz CT molecular complexity index is 1190. The molecule has 0 unspecified atom stereocenters. The predicted octanol–water partition coefficient (Wildman–Crippen LogP) is 4.40. The molecule has 0 saturated carbocycles. The molecule has 2 N–H and O–H groups in total. The average molecular weight is 446 g/mol. The van der Waals surface area contributed by atoms with Crippen LogP contribution in [0.3, 0.4) is 0 Å². The molecule has 0 aliphatic rings. The monoisotopic (exact) mass is 446 g/mol. The van der Waals surface area contributed by atoms with E-state index >= 15 is 0 Å². The zero-order chi connectivity index (χ0) is 22.6. The van der Waals surface area contributed by atoms with E-state index in [-0.39, 0.29) is 10.6 Å². The maximum absolute atomic E-state index is 13.6. The fourth-order valence-corrected chi connectivity index (χ4v) is 3.83. The molecular weight excluding hydrogens is 426 g/mol. The SMILES string of the molecule is Cc1ccc(C)c(NS(=O)(=O)c2ccc(OCC(=O)Nc3c(F)cccc3F)cc2)c1. The largest absolute Gasteiger partial charge is 0.484 e. The molecule has 1 amide bonds. The van der Waals surface area contributed by atoms with Gasteiger partial charge in [-0.25, -0.2) is 17.2 Å². The second-order valence-electron chi connectivity index (χ2n) is 6.83. The first kappa shape index (κ1) is 22.2. The summed E-state index contributed by atoms with van der Waals surface area (Å²) in [5.74, 6) is -2.36. The lowest BCUT2D eigenvalue weighted by Gasteiger charge is -2.12. The summed E-state index contributed by atoms with van der Waals surface area (Å²) in [6.45, 7) is 3.15. The van der Waals surface area contributed by atoms with E-state index in [9.17, 15) is 22.0 Å². The van der Waals surface area contributed by atoms with Crippen LogP contribution in [0.2, 0.25) is 0 Å². The van der Waals surface area contributed by atoms with Gasteiger partial charge in [0.15, 0.2) is 6.61 Å². The highest BCUT2D eigenvalue weighted by atomic mass is 32.2. The van der Waals surface area contributed by atoms with Crippen LogP contribution in [0.1, 0.15) is 11.1 Å². The van der Waals surface area contributed by atoms with Gasteiger partial charge in [0, 0.05) is 0 Å². The highest BCUT2D eigenvalue weighted by Gasteiger charge is 2.16. The molecular formula is C22H20F2N2O4S. The Labute approximate surface area is 178 Å². The molecule has 0 atom stereocenters. The van der Waals surface area contributed by atoms with Crippen molar-refractivity contribution in [2.45, 2.75) is 18.7 Å². The first-order chi connectivity index (χ1) is 14.7. The van der Waals surface area contributed by atoms with Crippen LogP contribution >= 0.6 is 0 Å². The zero-order valence-electron chi connectivity index (χ0n) is 16.8. The van der Waals surface area contributed by atoms with Gasteiger partial charge in [-0.1, -0.05) is 18.2 Å². The summed E-state index contributed by atoms with van der Waals surface area (Å²) in [7, 11) is -3.82. The molecule has 162 valence electrons. The third kappa shape index (κ3) is 5.58. The van der Waals surface area contributed by atoms with Crippen LogP contribution in [0, 0.1) is 25.5 Å². The summed E-state index contributed by atoms with van der Waals surface area (Å²) in [4.78, 5) is 11.9. The molecule has 0 radical (unpaired) electrons. The van der Waals surface area contributed by atoms with Crippen molar-refractivity contribution in [3.63, 3.8) is 0 Å². The van der Waals surface area contributed by atoms with Gasteiger partial charge in [0.2, 0.25) is 0 Å². The smallest absolute Gasteiger partial charge is 0.262 e. The summed E-state index contributed by atoms with van der Waals surface area (Å²) in [5.41, 5.74) is 1.62. The number of amides is 1. The number of nitrogens with one attached hydrogen (secondary N) is 2. The molecule has 0 spiro atoms.